The van der Waals surface area contributed by atoms with Gasteiger partial charge < -0.3 is 14.4 Å². The van der Waals surface area contributed by atoms with Crippen LogP contribution in [0.5, 0.6) is 5.88 Å². The fraction of sp³-hybridized carbons (Fsp3) is 0.600. The van der Waals surface area contributed by atoms with E-state index in [0.717, 1.165) is 0 Å². The van der Waals surface area contributed by atoms with Crippen LogP contribution < -0.4 is 9.53 Å². The minimum Gasteiger partial charge on any atom is -0.473 e. The van der Waals surface area contributed by atoms with Crippen molar-refractivity contribution in [2.75, 3.05) is 0 Å². The fourth-order valence-corrected chi connectivity index (χ4v) is 1.43. The summed E-state index contributed by atoms with van der Waals surface area (Å²) in [4.78, 5) is 1.54. The van der Waals surface area contributed by atoms with Gasteiger partial charge in [0.1, 0.15) is 6.54 Å². The van der Waals surface area contributed by atoms with Crippen LogP contribution in [0.25, 0.3) is 11.6 Å². The average Bonchev–Trinajstić information content (AvgIpc) is 2.93. The first kappa shape index (κ1) is 12.5. The van der Waals surface area contributed by atoms with Crippen molar-refractivity contribution in [2.45, 2.75) is 40.0 Å². The van der Waals surface area contributed by atoms with Crippen molar-refractivity contribution < 1.29 is 19.2 Å². The van der Waals surface area contributed by atoms with Crippen LogP contribution >= 0.6 is 0 Å². The molecule has 2 aromatic rings. The van der Waals surface area contributed by atoms with E-state index in [-0.39, 0.29) is 18.6 Å². The highest BCUT2D eigenvalue weighted by atomic mass is 16.5. The van der Waals surface area contributed by atoms with Crippen LogP contribution in [0.4, 0.5) is 0 Å². The molecule has 8 nitrogen and oxygen atoms in total. The Morgan fingerprint density at radius 3 is 2.83 bits per heavy atom. The SMILES string of the molecule is CC[n+]1nc(-c2onc(OC(C)C)c2CO)n[nH]1. The van der Waals surface area contributed by atoms with E-state index in [9.17, 15) is 5.11 Å². The quantitative estimate of drug-likeness (QED) is 0.731. The third-order valence-corrected chi connectivity index (χ3v) is 2.25. The lowest BCUT2D eigenvalue weighted by atomic mass is 10.2. The van der Waals surface area contributed by atoms with Gasteiger partial charge in [-0.05, 0) is 36.2 Å². The Morgan fingerprint density at radius 2 is 2.28 bits per heavy atom. The number of H-pyrrole nitrogens is 1. The minimum atomic E-state index is -0.248. The number of ether oxygens (including phenoxy) is 1. The van der Waals surface area contributed by atoms with Gasteiger partial charge >= 0.3 is 5.82 Å². The predicted octanol–water partition coefficient (Wildman–Crippen LogP) is 0.0466. The van der Waals surface area contributed by atoms with Gasteiger partial charge in [0.2, 0.25) is 5.76 Å². The number of aromatic amines is 1. The van der Waals surface area contributed by atoms with E-state index in [1.54, 1.807) is 4.80 Å². The maximum atomic E-state index is 9.37. The molecule has 2 heterocycles. The Hall–Kier alpha value is -1.96. The van der Waals surface area contributed by atoms with Gasteiger partial charge in [0.25, 0.3) is 5.88 Å². The minimum absolute atomic E-state index is 0.0547. The summed E-state index contributed by atoms with van der Waals surface area (Å²) < 4.78 is 10.6. The topological polar surface area (TPSA) is 101 Å². The van der Waals surface area contributed by atoms with Crippen molar-refractivity contribution in [2.24, 2.45) is 0 Å². The summed E-state index contributed by atoms with van der Waals surface area (Å²) in [5, 5.41) is 24.0. The first-order valence-corrected chi connectivity index (χ1v) is 5.74. The van der Waals surface area contributed by atoms with Crippen LogP contribution in [-0.2, 0) is 13.2 Å². The molecule has 0 spiro atoms. The Bertz CT molecular complexity index is 519. The summed E-state index contributed by atoms with van der Waals surface area (Å²) in [7, 11) is 0. The lowest BCUT2D eigenvalue weighted by Crippen LogP contribution is -2.37. The third kappa shape index (κ3) is 2.33. The maximum Gasteiger partial charge on any atom is 0.377 e. The molecule has 0 aromatic carbocycles. The molecule has 0 atom stereocenters. The average molecular weight is 254 g/mol. The summed E-state index contributed by atoms with van der Waals surface area (Å²) in [6.45, 7) is 6.07. The van der Waals surface area contributed by atoms with Crippen molar-refractivity contribution in [3.63, 3.8) is 0 Å². The number of aromatic nitrogens is 5. The number of aliphatic hydroxyl groups is 1. The second-order valence-corrected chi connectivity index (χ2v) is 3.97. The van der Waals surface area contributed by atoms with Gasteiger partial charge in [0.05, 0.1) is 23.4 Å². The van der Waals surface area contributed by atoms with Gasteiger partial charge in [-0.2, -0.15) is 0 Å². The highest BCUT2D eigenvalue weighted by molar-refractivity contribution is 5.54. The largest absolute Gasteiger partial charge is 0.473 e. The molecule has 0 bridgehead atoms. The highest BCUT2D eigenvalue weighted by Gasteiger charge is 2.26. The summed E-state index contributed by atoms with van der Waals surface area (Å²) in [6.07, 6.45) is -0.0547. The number of nitrogens with zero attached hydrogens (tertiary/aromatic N) is 4. The molecule has 0 radical (unpaired) electrons. The number of aliphatic hydroxyl groups excluding tert-OH is 1. The first-order valence-electron chi connectivity index (χ1n) is 5.74. The van der Waals surface area contributed by atoms with Crippen molar-refractivity contribution in [3.05, 3.63) is 5.56 Å². The Morgan fingerprint density at radius 1 is 1.50 bits per heavy atom. The zero-order chi connectivity index (χ0) is 13.1. The fourth-order valence-electron chi connectivity index (χ4n) is 1.43. The van der Waals surface area contributed by atoms with E-state index in [2.05, 4.69) is 20.6 Å². The predicted molar refractivity (Wildman–Crippen MR) is 59.4 cm³/mol. The third-order valence-electron chi connectivity index (χ3n) is 2.25. The molecular formula is C10H16N5O3+. The smallest absolute Gasteiger partial charge is 0.377 e. The second kappa shape index (κ2) is 5.13. The summed E-state index contributed by atoms with van der Waals surface area (Å²) in [5.41, 5.74) is 0.450. The van der Waals surface area contributed by atoms with E-state index in [1.807, 2.05) is 20.8 Å². The monoisotopic (exact) mass is 254 g/mol. The van der Waals surface area contributed by atoms with Gasteiger partial charge in [0.15, 0.2) is 0 Å². The first-order chi connectivity index (χ1) is 8.65. The Balaban J connectivity index is 2.35. The lowest BCUT2D eigenvalue weighted by Gasteiger charge is -2.05. The summed E-state index contributed by atoms with van der Waals surface area (Å²) >= 11 is 0. The summed E-state index contributed by atoms with van der Waals surface area (Å²) in [6, 6.07) is 0. The van der Waals surface area contributed by atoms with Crippen molar-refractivity contribution in [3.8, 4) is 17.5 Å². The molecule has 8 heteroatoms. The molecule has 0 aliphatic heterocycles. The van der Waals surface area contributed by atoms with E-state index in [0.29, 0.717) is 23.7 Å². The van der Waals surface area contributed by atoms with Crippen LogP contribution in [-0.4, -0.2) is 31.8 Å². The molecule has 0 fully saturated rings. The number of tetrazole rings is 1. The second-order valence-electron chi connectivity index (χ2n) is 3.97. The molecule has 18 heavy (non-hydrogen) atoms. The van der Waals surface area contributed by atoms with Gasteiger partial charge in [0, 0.05) is 0 Å². The molecule has 0 saturated heterocycles. The van der Waals surface area contributed by atoms with Crippen molar-refractivity contribution in [1.29, 1.82) is 0 Å². The van der Waals surface area contributed by atoms with Crippen molar-refractivity contribution in [1.82, 2.24) is 20.6 Å². The number of rotatable bonds is 5. The molecule has 0 unspecified atom stereocenters. The number of hydrogen-bond donors (Lipinski definition) is 2. The van der Waals surface area contributed by atoms with Gasteiger partial charge in [-0.1, -0.05) is 4.80 Å². The Kier molecular flexibility index (Phi) is 3.56. The maximum absolute atomic E-state index is 9.37. The van der Waals surface area contributed by atoms with Crippen LogP contribution in [0.2, 0.25) is 0 Å². The molecule has 0 aliphatic rings. The number of nitrogens with one attached hydrogen (secondary N) is 1. The molecular weight excluding hydrogens is 238 g/mol. The molecule has 2 aromatic heterocycles. The van der Waals surface area contributed by atoms with E-state index in [4.69, 9.17) is 9.26 Å². The van der Waals surface area contributed by atoms with Crippen LogP contribution in [0, 0.1) is 0 Å². The normalized spacial score (nSPS) is 11.2. The molecule has 2 rings (SSSR count). The Labute approximate surface area is 104 Å². The van der Waals surface area contributed by atoms with Crippen LogP contribution in [0.15, 0.2) is 4.52 Å². The highest BCUT2D eigenvalue weighted by Crippen LogP contribution is 2.28. The van der Waals surface area contributed by atoms with Crippen LogP contribution in [0.1, 0.15) is 26.3 Å². The lowest BCUT2D eigenvalue weighted by molar-refractivity contribution is -0.802. The zero-order valence-corrected chi connectivity index (χ0v) is 10.5. The standard InChI is InChI=1S/C10H15N5O3/c1-4-15-12-9(11-14-15)8-7(5-16)10(13-18-8)17-6(2)3/h6,16H,4-5H2,1-3H3/p+1. The molecule has 2 N–H and O–H groups in total. The van der Waals surface area contributed by atoms with E-state index >= 15 is 0 Å². The van der Waals surface area contributed by atoms with Gasteiger partial charge in [-0.3, -0.25) is 0 Å². The van der Waals surface area contributed by atoms with Gasteiger partial charge in [-0.15, -0.1) is 0 Å². The van der Waals surface area contributed by atoms with Crippen LogP contribution in [0.3, 0.4) is 0 Å². The van der Waals surface area contributed by atoms with E-state index < -0.39 is 0 Å². The van der Waals surface area contributed by atoms with Gasteiger partial charge in [-0.25, -0.2) is 0 Å². The molecule has 98 valence electrons. The molecule has 0 saturated carbocycles. The molecule has 0 amide bonds. The zero-order valence-electron chi connectivity index (χ0n) is 10.5. The summed E-state index contributed by atoms with van der Waals surface area (Å²) in [5.74, 6) is 0.930. The number of aryl methyl sites for hydroxylation is 1. The van der Waals surface area contributed by atoms with E-state index in [1.165, 1.54) is 0 Å². The number of hydrogen-bond acceptors (Lipinski definition) is 6. The van der Waals surface area contributed by atoms with Crippen molar-refractivity contribution >= 4 is 0 Å². The molecule has 0 aliphatic carbocycles.